The number of amides is 1. The Hall–Kier alpha value is -1.92. The molecule has 0 aromatic carbocycles. The summed E-state index contributed by atoms with van der Waals surface area (Å²) in [6.45, 7) is 0.921. The Labute approximate surface area is 103 Å². The minimum atomic E-state index is -1.78. The molecule has 1 amide bonds. The van der Waals surface area contributed by atoms with Gasteiger partial charge in [-0.05, 0) is 13.3 Å². The topological polar surface area (TPSA) is 112 Å². The molecule has 0 bridgehead atoms. The summed E-state index contributed by atoms with van der Waals surface area (Å²) in [6.07, 6.45) is -1.58. The van der Waals surface area contributed by atoms with Gasteiger partial charge in [0, 0.05) is 25.9 Å². The van der Waals surface area contributed by atoms with Gasteiger partial charge in [-0.15, -0.1) is 0 Å². The SMILES string of the molecule is CC(=O)CC[C@]1(C(=O)O)CN(C(=O)O)CCC1=O. The minimum absolute atomic E-state index is 0.00324. The average Bonchev–Trinajstić information content (AvgIpc) is 2.27. The summed E-state index contributed by atoms with van der Waals surface area (Å²) >= 11 is 0. The lowest BCUT2D eigenvalue weighted by Crippen LogP contribution is -2.55. The van der Waals surface area contributed by atoms with E-state index in [9.17, 15) is 24.3 Å². The molecule has 7 nitrogen and oxygen atoms in total. The largest absolute Gasteiger partial charge is 0.480 e. The lowest BCUT2D eigenvalue weighted by molar-refractivity contribution is -0.159. The lowest BCUT2D eigenvalue weighted by atomic mass is 9.75. The van der Waals surface area contributed by atoms with Crippen molar-refractivity contribution in [3.63, 3.8) is 0 Å². The van der Waals surface area contributed by atoms with Gasteiger partial charge in [0.15, 0.2) is 5.78 Å². The molecule has 0 aliphatic carbocycles. The van der Waals surface area contributed by atoms with Crippen molar-refractivity contribution in [3.05, 3.63) is 0 Å². The van der Waals surface area contributed by atoms with E-state index in [1.165, 1.54) is 6.92 Å². The monoisotopic (exact) mass is 257 g/mol. The second kappa shape index (κ2) is 5.16. The summed E-state index contributed by atoms with van der Waals surface area (Å²) in [5, 5.41) is 18.1. The van der Waals surface area contributed by atoms with Crippen molar-refractivity contribution >= 4 is 23.6 Å². The van der Waals surface area contributed by atoms with Crippen LogP contribution in [0.4, 0.5) is 4.79 Å². The molecule has 0 unspecified atom stereocenters. The molecule has 1 heterocycles. The summed E-state index contributed by atoms with van der Waals surface area (Å²) in [5.74, 6) is -2.09. The molecule has 1 atom stereocenters. The number of carbonyl (C=O) groups excluding carboxylic acids is 2. The van der Waals surface area contributed by atoms with Crippen LogP contribution in [0.1, 0.15) is 26.2 Å². The first-order chi connectivity index (χ1) is 8.29. The fourth-order valence-electron chi connectivity index (χ4n) is 2.03. The number of carbonyl (C=O) groups is 4. The van der Waals surface area contributed by atoms with Gasteiger partial charge in [-0.2, -0.15) is 0 Å². The van der Waals surface area contributed by atoms with Gasteiger partial charge < -0.3 is 19.9 Å². The third-order valence-corrected chi connectivity index (χ3v) is 3.19. The highest BCUT2D eigenvalue weighted by atomic mass is 16.4. The van der Waals surface area contributed by atoms with Crippen molar-refractivity contribution in [2.45, 2.75) is 26.2 Å². The Morgan fingerprint density at radius 2 is 1.94 bits per heavy atom. The van der Waals surface area contributed by atoms with Crippen LogP contribution >= 0.6 is 0 Å². The number of rotatable bonds is 4. The molecule has 0 saturated carbocycles. The maximum Gasteiger partial charge on any atom is 0.407 e. The van der Waals surface area contributed by atoms with Crippen LogP contribution in [0.5, 0.6) is 0 Å². The van der Waals surface area contributed by atoms with E-state index >= 15 is 0 Å². The van der Waals surface area contributed by atoms with Gasteiger partial charge in [0.05, 0.1) is 0 Å². The fraction of sp³-hybridized carbons (Fsp3) is 0.636. The van der Waals surface area contributed by atoms with E-state index < -0.39 is 23.3 Å². The average molecular weight is 257 g/mol. The van der Waals surface area contributed by atoms with Crippen LogP contribution < -0.4 is 0 Å². The maximum atomic E-state index is 11.8. The first-order valence-corrected chi connectivity index (χ1v) is 5.53. The molecule has 0 aromatic rings. The normalized spacial score (nSPS) is 23.8. The number of ketones is 2. The number of aliphatic carboxylic acids is 1. The minimum Gasteiger partial charge on any atom is -0.480 e. The Balaban J connectivity index is 2.98. The third kappa shape index (κ3) is 2.66. The van der Waals surface area contributed by atoms with Gasteiger partial charge in [0.25, 0.3) is 0 Å². The van der Waals surface area contributed by atoms with E-state index in [-0.39, 0.29) is 38.1 Å². The fourth-order valence-corrected chi connectivity index (χ4v) is 2.03. The van der Waals surface area contributed by atoms with Crippen LogP contribution in [0.25, 0.3) is 0 Å². The number of likely N-dealkylation sites (tertiary alicyclic amines) is 1. The van der Waals surface area contributed by atoms with Crippen LogP contribution in [0, 0.1) is 5.41 Å². The smallest absolute Gasteiger partial charge is 0.407 e. The van der Waals surface area contributed by atoms with Gasteiger partial charge in [-0.3, -0.25) is 9.59 Å². The van der Waals surface area contributed by atoms with Crippen LogP contribution in [0.3, 0.4) is 0 Å². The Bertz CT molecular complexity index is 404. The van der Waals surface area contributed by atoms with E-state index in [0.717, 1.165) is 4.90 Å². The zero-order valence-corrected chi connectivity index (χ0v) is 10.0. The first-order valence-electron chi connectivity index (χ1n) is 5.53. The first kappa shape index (κ1) is 14.1. The molecule has 18 heavy (non-hydrogen) atoms. The van der Waals surface area contributed by atoms with Crippen LogP contribution in [-0.2, 0) is 14.4 Å². The molecule has 7 heteroatoms. The quantitative estimate of drug-likeness (QED) is 0.704. The number of piperidine rings is 1. The van der Waals surface area contributed by atoms with E-state index in [2.05, 4.69) is 0 Å². The van der Waals surface area contributed by atoms with E-state index in [1.54, 1.807) is 0 Å². The van der Waals surface area contributed by atoms with E-state index in [0.29, 0.717) is 0 Å². The molecule has 1 aliphatic rings. The molecule has 1 fully saturated rings. The summed E-state index contributed by atoms with van der Waals surface area (Å²) in [4.78, 5) is 45.9. The molecule has 100 valence electrons. The van der Waals surface area contributed by atoms with Gasteiger partial charge in [-0.1, -0.05) is 0 Å². The summed E-state index contributed by atoms with van der Waals surface area (Å²) in [6, 6.07) is 0. The lowest BCUT2D eigenvalue weighted by Gasteiger charge is -2.37. The highest BCUT2D eigenvalue weighted by Crippen LogP contribution is 2.32. The Morgan fingerprint density at radius 3 is 2.39 bits per heavy atom. The summed E-state index contributed by atoms with van der Waals surface area (Å²) in [5.41, 5.74) is -1.78. The van der Waals surface area contributed by atoms with Gasteiger partial charge in [0.2, 0.25) is 0 Å². The summed E-state index contributed by atoms with van der Waals surface area (Å²) in [7, 11) is 0. The van der Waals surface area contributed by atoms with Crippen molar-refractivity contribution in [1.82, 2.24) is 4.90 Å². The van der Waals surface area contributed by atoms with Crippen molar-refractivity contribution in [2.75, 3.05) is 13.1 Å². The molecule has 0 spiro atoms. The van der Waals surface area contributed by atoms with E-state index in [1.807, 2.05) is 0 Å². The van der Waals surface area contributed by atoms with Crippen molar-refractivity contribution in [3.8, 4) is 0 Å². The molecule has 1 aliphatic heterocycles. The van der Waals surface area contributed by atoms with Gasteiger partial charge in [0.1, 0.15) is 11.2 Å². The molecular formula is C11H15NO6. The second-order valence-corrected chi connectivity index (χ2v) is 4.47. The van der Waals surface area contributed by atoms with Crippen molar-refractivity contribution in [1.29, 1.82) is 0 Å². The molecule has 1 saturated heterocycles. The van der Waals surface area contributed by atoms with Crippen LogP contribution in [0.2, 0.25) is 0 Å². The molecular weight excluding hydrogens is 242 g/mol. The zero-order valence-electron chi connectivity index (χ0n) is 10.0. The number of hydrogen-bond donors (Lipinski definition) is 2. The van der Waals surface area contributed by atoms with Crippen molar-refractivity contribution < 1.29 is 29.4 Å². The Kier molecular flexibility index (Phi) is 4.05. The third-order valence-electron chi connectivity index (χ3n) is 3.19. The summed E-state index contributed by atoms with van der Waals surface area (Å²) < 4.78 is 0. The molecule has 1 rings (SSSR count). The number of nitrogens with zero attached hydrogens (tertiary/aromatic N) is 1. The molecule has 2 N–H and O–H groups in total. The highest BCUT2D eigenvalue weighted by Gasteiger charge is 2.50. The molecule has 0 radical (unpaired) electrons. The predicted octanol–water partition coefficient (Wildman–Crippen LogP) is 0.379. The number of Topliss-reactive ketones (excluding diaryl/α,β-unsaturated/α-hetero) is 2. The van der Waals surface area contributed by atoms with Gasteiger partial charge in [-0.25, -0.2) is 4.79 Å². The number of hydrogen-bond acceptors (Lipinski definition) is 4. The van der Waals surface area contributed by atoms with E-state index in [4.69, 9.17) is 5.11 Å². The Morgan fingerprint density at radius 1 is 1.33 bits per heavy atom. The molecule has 0 aromatic heterocycles. The second-order valence-electron chi connectivity index (χ2n) is 4.47. The van der Waals surface area contributed by atoms with Crippen LogP contribution in [-0.4, -0.2) is 51.8 Å². The van der Waals surface area contributed by atoms with Gasteiger partial charge >= 0.3 is 12.1 Å². The highest BCUT2D eigenvalue weighted by molar-refractivity contribution is 6.04. The zero-order chi connectivity index (χ0) is 13.9. The number of carboxylic acids is 1. The number of carboxylic acid groups (broad SMARTS) is 2. The van der Waals surface area contributed by atoms with Crippen LogP contribution in [0.15, 0.2) is 0 Å². The maximum absolute atomic E-state index is 11.8. The predicted molar refractivity (Wildman–Crippen MR) is 59.2 cm³/mol. The standard InChI is InChI=1S/C11H15NO6/c1-7(13)2-4-11(9(15)16)6-12(10(17)18)5-3-8(11)14/h2-6H2,1H3,(H,15,16)(H,17,18)/t11-/m0/s1. The van der Waals surface area contributed by atoms with Crippen molar-refractivity contribution in [2.24, 2.45) is 5.41 Å².